The van der Waals surface area contributed by atoms with Gasteiger partial charge in [-0.05, 0) is 73.2 Å². The van der Waals surface area contributed by atoms with Crippen LogP contribution in [0.2, 0.25) is 0 Å². The lowest BCUT2D eigenvalue weighted by molar-refractivity contribution is 0.460. The Hall–Kier alpha value is -0.470. The van der Waals surface area contributed by atoms with E-state index in [4.69, 9.17) is 0 Å². The minimum Gasteiger partial charge on any atom is -0.317 e. The first-order chi connectivity index (χ1) is 8.93. The van der Waals surface area contributed by atoms with Crippen LogP contribution in [0.5, 0.6) is 0 Å². The Bertz CT molecular complexity index is 345. The average molecular weight is 261 g/mol. The van der Waals surface area contributed by atoms with Crippen molar-refractivity contribution < 1.29 is 0 Å². The SMILES string of the molecule is c1cc(C2CCNCC2)cc(C2CCSCC2)c1. The minimum atomic E-state index is 0.796. The van der Waals surface area contributed by atoms with Crippen LogP contribution in [0.15, 0.2) is 24.3 Å². The van der Waals surface area contributed by atoms with E-state index in [1.165, 1.54) is 50.3 Å². The summed E-state index contributed by atoms with van der Waals surface area (Å²) in [6.07, 6.45) is 5.37. The van der Waals surface area contributed by atoms with Gasteiger partial charge in [-0.2, -0.15) is 11.8 Å². The van der Waals surface area contributed by atoms with Crippen LogP contribution in [0.1, 0.15) is 48.6 Å². The highest BCUT2D eigenvalue weighted by Gasteiger charge is 2.19. The van der Waals surface area contributed by atoms with Gasteiger partial charge in [-0.1, -0.05) is 24.3 Å². The topological polar surface area (TPSA) is 12.0 Å². The molecule has 0 aliphatic carbocycles. The van der Waals surface area contributed by atoms with E-state index in [2.05, 4.69) is 41.3 Å². The molecule has 0 bridgehead atoms. The zero-order valence-electron chi connectivity index (χ0n) is 11.0. The van der Waals surface area contributed by atoms with Gasteiger partial charge in [-0.15, -0.1) is 0 Å². The lowest BCUT2D eigenvalue weighted by atomic mass is 9.86. The van der Waals surface area contributed by atoms with E-state index in [9.17, 15) is 0 Å². The zero-order chi connectivity index (χ0) is 12.2. The van der Waals surface area contributed by atoms with E-state index < -0.39 is 0 Å². The fraction of sp³-hybridized carbons (Fsp3) is 0.625. The molecule has 2 aliphatic rings. The molecule has 3 rings (SSSR count). The summed E-state index contributed by atoms with van der Waals surface area (Å²) < 4.78 is 0. The smallest absolute Gasteiger partial charge is 0.00431 e. The normalized spacial score (nSPS) is 23.1. The van der Waals surface area contributed by atoms with Crippen molar-refractivity contribution in [1.82, 2.24) is 5.32 Å². The largest absolute Gasteiger partial charge is 0.317 e. The number of thioether (sulfide) groups is 1. The molecule has 0 aromatic heterocycles. The number of rotatable bonds is 2. The van der Waals surface area contributed by atoms with Crippen LogP contribution in [-0.4, -0.2) is 24.6 Å². The van der Waals surface area contributed by atoms with Crippen molar-refractivity contribution in [3.05, 3.63) is 35.4 Å². The molecular weight excluding hydrogens is 238 g/mol. The van der Waals surface area contributed by atoms with Crippen molar-refractivity contribution in [3.63, 3.8) is 0 Å². The number of piperidine rings is 1. The molecule has 1 aromatic rings. The quantitative estimate of drug-likeness (QED) is 0.870. The molecule has 2 fully saturated rings. The molecule has 2 heterocycles. The van der Waals surface area contributed by atoms with Gasteiger partial charge in [0.25, 0.3) is 0 Å². The number of nitrogens with one attached hydrogen (secondary N) is 1. The molecule has 2 aliphatic heterocycles. The highest BCUT2D eigenvalue weighted by Crippen LogP contribution is 2.34. The van der Waals surface area contributed by atoms with E-state index in [0.29, 0.717) is 0 Å². The molecule has 2 heteroatoms. The second-order valence-electron chi connectivity index (χ2n) is 5.58. The van der Waals surface area contributed by atoms with Gasteiger partial charge in [0.1, 0.15) is 0 Å². The second kappa shape index (κ2) is 6.12. The van der Waals surface area contributed by atoms with E-state index in [1.807, 2.05) is 0 Å². The summed E-state index contributed by atoms with van der Waals surface area (Å²) in [5.41, 5.74) is 3.19. The predicted molar refractivity (Wildman–Crippen MR) is 80.6 cm³/mol. The summed E-state index contributed by atoms with van der Waals surface area (Å²) in [7, 11) is 0. The van der Waals surface area contributed by atoms with Crippen LogP contribution in [0.3, 0.4) is 0 Å². The van der Waals surface area contributed by atoms with Crippen LogP contribution >= 0.6 is 11.8 Å². The molecule has 0 unspecified atom stereocenters. The second-order valence-corrected chi connectivity index (χ2v) is 6.81. The van der Waals surface area contributed by atoms with Crippen molar-refractivity contribution in [3.8, 4) is 0 Å². The summed E-state index contributed by atoms with van der Waals surface area (Å²) in [5, 5.41) is 3.46. The van der Waals surface area contributed by atoms with E-state index >= 15 is 0 Å². The molecule has 1 aromatic carbocycles. The number of hydrogen-bond acceptors (Lipinski definition) is 2. The average Bonchev–Trinajstić information content (AvgIpc) is 2.49. The van der Waals surface area contributed by atoms with Crippen molar-refractivity contribution >= 4 is 11.8 Å². The molecule has 0 radical (unpaired) electrons. The highest BCUT2D eigenvalue weighted by molar-refractivity contribution is 7.99. The van der Waals surface area contributed by atoms with Crippen LogP contribution in [-0.2, 0) is 0 Å². The lowest BCUT2D eigenvalue weighted by Crippen LogP contribution is -2.26. The van der Waals surface area contributed by atoms with Gasteiger partial charge < -0.3 is 5.32 Å². The molecule has 0 saturated carbocycles. The molecule has 1 N–H and O–H groups in total. The maximum absolute atomic E-state index is 3.46. The Morgan fingerprint density at radius 3 is 2.17 bits per heavy atom. The van der Waals surface area contributed by atoms with Gasteiger partial charge in [-0.25, -0.2) is 0 Å². The number of hydrogen-bond donors (Lipinski definition) is 1. The third-order valence-electron chi connectivity index (χ3n) is 4.41. The van der Waals surface area contributed by atoms with E-state index in [0.717, 1.165) is 11.8 Å². The van der Waals surface area contributed by atoms with Crippen LogP contribution < -0.4 is 5.32 Å². The van der Waals surface area contributed by atoms with Crippen LogP contribution in [0, 0.1) is 0 Å². The van der Waals surface area contributed by atoms with Gasteiger partial charge in [0.05, 0.1) is 0 Å². The first kappa shape index (κ1) is 12.6. The first-order valence-electron chi connectivity index (χ1n) is 7.32. The molecule has 1 nitrogen and oxygen atoms in total. The fourth-order valence-corrected chi connectivity index (χ4v) is 4.36. The Balaban J connectivity index is 1.75. The van der Waals surface area contributed by atoms with Crippen molar-refractivity contribution in [2.45, 2.75) is 37.5 Å². The fourth-order valence-electron chi connectivity index (χ4n) is 3.25. The number of benzene rings is 1. The molecule has 2 saturated heterocycles. The molecule has 98 valence electrons. The van der Waals surface area contributed by atoms with Crippen molar-refractivity contribution in [1.29, 1.82) is 0 Å². The molecule has 0 atom stereocenters. The Labute approximate surface area is 115 Å². The van der Waals surface area contributed by atoms with E-state index in [1.54, 1.807) is 11.1 Å². The summed E-state index contributed by atoms with van der Waals surface area (Å²) in [6, 6.07) is 9.49. The van der Waals surface area contributed by atoms with Crippen LogP contribution in [0.4, 0.5) is 0 Å². The van der Waals surface area contributed by atoms with E-state index in [-0.39, 0.29) is 0 Å². The Morgan fingerprint density at radius 1 is 0.889 bits per heavy atom. The third-order valence-corrected chi connectivity index (χ3v) is 5.46. The first-order valence-corrected chi connectivity index (χ1v) is 8.47. The summed E-state index contributed by atoms with van der Waals surface area (Å²) in [5.74, 6) is 4.32. The standard InChI is InChI=1S/C16H23NS/c1-2-15(13-4-8-17-9-5-13)12-16(3-1)14-6-10-18-11-7-14/h1-3,12-14,17H,4-11H2. The van der Waals surface area contributed by atoms with Crippen molar-refractivity contribution in [2.24, 2.45) is 0 Å². The summed E-state index contributed by atoms with van der Waals surface area (Å²) >= 11 is 2.12. The Morgan fingerprint density at radius 2 is 1.50 bits per heavy atom. The highest BCUT2D eigenvalue weighted by atomic mass is 32.2. The van der Waals surface area contributed by atoms with Gasteiger partial charge in [0.2, 0.25) is 0 Å². The van der Waals surface area contributed by atoms with Gasteiger partial charge in [0, 0.05) is 0 Å². The van der Waals surface area contributed by atoms with Gasteiger partial charge in [0.15, 0.2) is 0 Å². The third kappa shape index (κ3) is 2.92. The van der Waals surface area contributed by atoms with Crippen LogP contribution in [0.25, 0.3) is 0 Å². The minimum absolute atomic E-state index is 0.796. The monoisotopic (exact) mass is 261 g/mol. The zero-order valence-corrected chi connectivity index (χ0v) is 11.8. The molecule has 18 heavy (non-hydrogen) atoms. The summed E-state index contributed by atoms with van der Waals surface area (Å²) in [4.78, 5) is 0. The lowest BCUT2D eigenvalue weighted by Gasteiger charge is -2.26. The summed E-state index contributed by atoms with van der Waals surface area (Å²) in [6.45, 7) is 2.38. The maximum atomic E-state index is 3.46. The Kier molecular flexibility index (Phi) is 4.27. The van der Waals surface area contributed by atoms with Gasteiger partial charge >= 0.3 is 0 Å². The maximum Gasteiger partial charge on any atom is -0.00431 e. The predicted octanol–water partition coefficient (Wildman–Crippen LogP) is 3.76. The van der Waals surface area contributed by atoms with Gasteiger partial charge in [-0.3, -0.25) is 0 Å². The molecular formula is C16H23NS. The molecule has 0 spiro atoms. The molecule has 0 amide bonds. The van der Waals surface area contributed by atoms with Crippen molar-refractivity contribution in [2.75, 3.05) is 24.6 Å².